The van der Waals surface area contributed by atoms with Crippen LogP contribution in [0.3, 0.4) is 0 Å². The van der Waals surface area contributed by atoms with Gasteiger partial charge in [-0.15, -0.1) is 0 Å². The highest BCUT2D eigenvalue weighted by Gasteiger charge is 2.13. The molecule has 1 unspecified atom stereocenters. The average molecular weight is 288 g/mol. The van der Waals surface area contributed by atoms with Gasteiger partial charge < -0.3 is 0 Å². The molecular formula is C20H20Si. The zero-order valence-corrected chi connectivity index (χ0v) is 14.4. The van der Waals surface area contributed by atoms with Crippen LogP contribution >= 0.6 is 0 Å². The van der Waals surface area contributed by atoms with Crippen molar-refractivity contribution in [3.8, 4) is 0 Å². The summed E-state index contributed by atoms with van der Waals surface area (Å²) in [5.74, 6) is 0.466. The van der Waals surface area contributed by atoms with Crippen LogP contribution in [-0.4, -0.2) is 10.2 Å². The zero-order valence-electron chi connectivity index (χ0n) is 12.4. The lowest BCUT2D eigenvalue weighted by Gasteiger charge is -2.18. The quantitative estimate of drug-likeness (QED) is 0.600. The van der Waals surface area contributed by atoms with Crippen molar-refractivity contribution in [1.82, 2.24) is 0 Å². The van der Waals surface area contributed by atoms with Crippen LogP contribution in [0.15, 0.2) is 78.9 Å². The van der Waals surface area contributed by atoms with E-state index in [9.17, 15) is 0 Å². The van der Waals surface area contributed by atoms with E-state index in [1.807, 2.05) is 0 Å². The molecule has 0 bridgehead atoms. The van der Waals surface area contributed by atoms with E-state index in [1.54, 1.807) is 0 Å². The first-order valence-corrected chi connectivity index (χ1v) is 8.50. The lowest BCUT2D eigenvalue weighted by Crippen LogP contribution is -2.02. The van der Waals surface area contributed by atoms with Crippen molar-refractivity contribution in [2.45, 2.75) is 6.42 Å². The number of rotatable bonds is 3. The van der Waals surface area contributed by atoms with Crippen molar-refractivity contribution in [3.63, 3.8) is 0 Å². The van der Waals surface area contributed by atoms with Crippen molar-refractivity contribution in [2.24, 2.45) is 5.92 Å². The summed E-state index contributed by atoms with van der Waals surface area (Å²) in [6, 6.07) is 19.7. The lowest BCUT2D eigenvalue weighted by atomic mass is 9.86. The predicted octanol–water partition coefficient (Wildman–Crippen LogP) is 3.35. The summed E-state index contributed by atoms with van der Waals surface area (Å²) in [5.41, 5.74) is 4.01. The monoisotopic (exact) mass is 288 g/mol. The highest BCUT2D eigenvalue weighted by molar-refractivity contribution is 6.32. The van der Waals surface area contributed by atoms with Gasteiger partial charge in [-0.05, 0) is 23.1 Å². The van der Waals surface area contributed by atoms with Crippen LogP contribution in [0.4, 0.5) is 0 Å². The third-order valence-corrected chi connectivity index (χ3v) is 4.55. The summed E-state index contributed by atoms with van der Waals surface area (Å²) in [5, 5.41) is 1.44. The maximum absolute atomic E-state index is 2.34. The standard InChI is InChI=1S/C20H20Si/c21-19-13-11-16(12-14-19)15-20(17-7-3-1-4-8-17)18-9-5-2-6-10-18/h1-9,11-15,18H,10H2,21H3. The van der Waals surface area contributed by atoms with E-state index < -0.39 is 0 Å². The molecule has 2 aromatic rings. The summed E-state index contributed by atoms with van der Waals surface area (Å²) in [6.45, 7) is 0. The largest absolute Gasteiger partial charge is 0.0836 e. The summed E-state index contributed by atoms with van der Waals surface area (Å²) >= 11 is 0. The van der Waals surface area contributed by atoms with E-state index in [4.69, 9.17) is 0 Å². The minimum atomic E-state index is 0.466. The molecule has 1 aliphatic carbocycles. The number of benzene rings is 2. The molecule has 104 valence electrons. The Hall–Kier alpha value is -2.12. The topological polar surface area (TPSA) is 0 Å². The Morgan fingerprint density at radius 3 is 2.38 bits per heavy atom. The van der Waals surface area contributed by atoms with Gasteiger partial charge in [0.25, 0.3) is 0 Å². The van der Waals surface area contributed by atoms with Gasteiger partial charge in [0.2, 0.25) is 0 Å². The van der Waals surface area contributed by atoms with Crippen LogP contribution in [0.2, 0.25) is 0 Å². The molecule has 0 nitrogen and oxygen atoms in total. The number of hydrogen-bond acceptors (Lipinski definition) is 0. The SMILES string of the molecule is [SiH3]c1ccc(C=C(c2ccccc2)C2C=CC=CC2)cc1. The normalized spacial score (nSPS) is 18.1. The third kappa shape index (κ3) is 3.50. The van der Waals surface area contributed by atoms with Gasteiger partial charge in [0.05, 0.1) is 0 Å². The van der Waals surface area contributed by atoms with Crippen LogP contribution in [-0.2, 0) is 0 Å². The molecule has 1 heteroatoms. The minimum absolute atomic E-state index is 0.466. The van der Waals surface area contributed by atoms with Crippen LogP contribution in [0, 0.1) is 5.92 Å². The van der Waals surface area contributed by atoms with Gasteiger partial charge in [-0.1, -0.05) is 90.2 Å². The molecule has 0 saturated heterocycles. The van der Waals surface area contributed by atoms with Crippen molar-refractivity contribution >= 4 is 27.1 Å². The van der Waals surface area contributed by atoms with E-state index >= 15 is 0 Å². The summed E-state index contributed by atoms with van der Waals surface area (Å²) < 4.78 is 0. The molecule has 0 aromatic heterocycles. The fourth-order valence-electron chi connectivity index (χ4n) is 2.69. The van der Waals surface area contributed by atoms with Gasteiger partial charge >= 0.3 is 0 Å². The first-order valence-electron chi connectivity index (χ1n) is 7.50. The molecule has 0 radical (unpaired) electrons. The van der Waals surface area contributed by atoms with Crippen molar-refractivity contribution in [1.29, 1.82) is 0 Å². The van der Waals surface area contributed by atoms with Gasteiger partial charge in [-0.2, -0.15) is 0 Å². The number of allylic oxidation sites excluding steroid dienone is 5. The van der Waals surface area contributed by atoms with E-state index in [0.29, 0.717) is 5.92 Å². The van der Waals surface area contributed by atoms with E-state index in [0.717, 1.165) is 16.7 Å². The molecule has 1 atom stereocenters. The molecular weight excluding hydrogens is 268 g/mol. The van der Waals surface area contributed by atoms with Crippen LogP contribution < -0.4 is 5.19 Å². The highest BCUT2D eigenvalue weighted by atomic mass is 28.1. The fourth-order valence-corrected chi connectivity index (χ4v) is 3.02. The zero-order chi connectivity index (χ0) is 14.5. The fraction of sp³-hybridized carbons (Fsp3) is 0.100. The second kappa shape index (κ2) is 6.55. The Labute approximate surface area is 130 Å². The highest BCUT2D eigenvalue weighted by Crippen LogP contribution is 2.31. The van der Waals surface area contributed by atoms with Gasteiger partial charge in [0.1, 0.15) is 0 Å². The molecule has 0 heterocycles. The molecule has 0 aliphatic heterocycles. The van der Waals surface area contributed by atoms with E-state index in [1.165, 1.54) is 21.9 Å². The Morgan fingerprint density at radius 2 is 1.71 bits per heavy atom. The molecule has 2 aromatic carbocycles. The molecule has 0 amide bonds. The van der Waals surface area contributed by atoms with Gasteiger partial charge in [-0.25, -0.2) is 0 Å². The Kier molecular flexibility index (Phi) is 4.32. The first-order chi connectivity index (χ1) is 10.3. The maximum Gasteiger partial charge on any atom is 0.0384 e. The summed E-state index contributed by atoms with van der Waals surface area (Å²) in [6.07, 6.45) is 12.3. The smallest absolute Gasteiger partial charge is 0.0384 e. The van der Waals surface area contributed by atoms with Crippen LogP contribution in [0.1, 0.15) is 17.5 Å². The number of hydrogen-bond donors (Lipinski definition) is 0. The molecule has 3 rings (SSSR count). The molecule has 0 saturated carbocycles. The molecule has 1 aliphatic rings. The average Bonchev–Trinajstić information content (AvgIpc) is 2.56. The first kappa shape index (κ1) is 13.8. The Balaban J connectivity index is 2.01. The van der Waals surface area contributed by atoms with Crippen LogP contribution in [0.5, 0.6) is 0 Å². The van der Waals surface area contributed by atoms with Crippen molar-refractivity contribution in [2.75, 3.05) is 0 Å². The second-order valence-corrected chi connectivity index (χ2v) is 6.69. The van der Waals surface area contributed by atoms with Crippen molar-refractivity contribution in [3.05, 3.63) is 90.0 Å². The maximum atomic E-state index is 2.34. The minimum Gasteiger partial charge on any atom is -0.0836 e. The van der Waals surface area contributed by atoms with Crippen molar-refractivity contribution < 1.29 is 0 Å². The molecule has 21 heavy (non-hydrogen) atoms. The Bertz CT molecular complexity index is 676. The van der Waals surface area contributed by atoms with E-state index in [-0.39, 0.29) is 0 Å². The molecule has 0 spiro atoms. The van der Waals surface area contributed by atoms with E-state index in [2.05, 4.69) is 85.0 Å². The predicted molar refractivity (Wildman–Crippen MR) is 96.7 cm³/mol. The molecule has 0 N–H and O–H groups in total. The third-order valence-electron chi connectivity index (χ3n) is 3.89. The van der Waals surface area contributed by atoms with Gasteiger partial charge in [0, 0.05) is 16.2 Å². The summed E-state index contributed by atoms with van der Waals surface area (Å²) in [7, 11) is 1.11. The van der Waals surface area contributed by atoms with Gasteiger partial charge in [0.15, 0.2) is 0 Å². The van der Waals surface area contributed by atoms with Gasteiger partial charge in [-0.3, -0.25) is 0 Å². The van der Waals surface area contributed by atoms with Crippen LogP contribution in [0.25, 0.3) is 11.6 Å². The summed E-state index contributed by atoms with van der Waals surface area (Å²) in [4.78, 5) is 0. The molecule has 0 fully saturated rings. The Morgan fingerprint density at radius 1 is 0.952 bits per heavy atom. The second-order valence-electron chi connectivity index (χ2n) is 5.53. The lowest BCUT2D eigenvalue weighted by molar-refractivity contribution is 0.846.